The summed E-state index contributed by atoms with van der Waals surface area (Å²) >= 11 is 1.70. The third kappa shape index (κ3) is 3.80. The summed E-state index contributed by atoms with van der Waals surface area (Å²) in [6, 6.07) is 0.633. The molecule has 2 aliphatic rings. The molecular weight excluding hydrogens is 374 g/mol. The Balaban J connectivity index is 1.58. The van der Waals surface area contributed by atoms with Gasteiger partial charge in [0, 0.05) is 10.9 Å². The molecule has 0 bridgehead atoms. The maximum atomic E-state index is 11.5. The Morgan fingerprint density at radius 1 is 1.29 bits per heavy atom. The maximum absolute atomic E-state index is 11.5. The van der Waals surface area contributed by atoms with Crippen molar-refractivity contribution < 1.29 is 14.6 Å². The molecule has 0 amide bonds. The zero-order valence-electron chi connectivity index (χ0n) is 16.9. The van der Waals surface area contributed by atoms with Crippen molar-refractivity contribution in [3.8, 4) is 5.88 Å². The number of fused-ring (bicyclic) bond motifs is 3. The SMILES string of the molecule is CC(=O)[C@@H](O)C[C@H]1CCc2sc3ncnc(O[C@H]4CC[C@H](N(C)C)CC4)c3c21. The molecule has 0 spiro atoms. The van der Waals surface area contributed by atoms with Crippen LogP contribution in [0.3, 0.4) is 0 Å². The summed E-state index contributed by atoms with van der Waals surface area (Å²) in [4.78, 5) is 25.1. The molecule has 0 aliphatic heterocycles. The zero-order valence-corrected chi connectivity index (χ0v) is 17.7. The highest BCUT2D eigenvalue weighted by Crippen LogP contribution is 2.47. The lowest BCUT2D eigenvalue weighted by Crippen LogP contribution is -2.35. The predicted molar refractivity (Wildman–Crippen MR) is 110 cm³/mol. The van der Waals surface area contributed by atoms with Gasteiger partial charge >= 0.3 is 0 Å². The van der Waals surface area contributed by atoms with Crippen molar-refractivity contribution >= 4 is 27.3 Å². The zero-order chi connectivity index (χ0) is 19.8. The van der Waals surface area contributed by atoms with E-state index >= 15 is 0 Å². The van der Waals surface area contributed by atoms with Gasteiger partial charge in [-0.1, -0.05) is 0 Å². The van der Waals surface area contributed by atoms with E-state index in [0.29, 0.717) is 18.3 Å². The van der Waals surface area contributed by atoms with Crippen LogP contribution in [0.2, 0.25) is 0 Å². The number of Topliss-reactive ketones (excluding diaryl/α,β-unsaturated/α-hetero) is 1. The van der Waals surface area contributed by atoms with Crippen LogP contribution in [0.15, 0.2) is 6.33 Å². The normalized spacial score (nSPS) is 25.8. The molecule has 2 aromatic heterocycles. The van der Waals surface area contributed by atoms with Gasteiger partial charge in [0.25, 0.3) is 0 Å². The second kappa shape index (κ2) is 8.05. The van der Waals surface area contributed by atoms with E-state index in [0.717, 1.165) is 48.7 Å². The van der Waals surface area contributed by atoms with E-state index in [9.17, 15) is 9.90 Å². The molecule has 7 heteroatoms. The van der Waals surface area contributed by atoms with Crippen LogP contribution in [0.5, 0.6) is 5.88 Å². The van der Waals surface area contributed by atoms with E-state index in [2.05, 4.69) is 29.0 Å². The molecule has 1 N–H and O–H groups in total. The summed E-state index contributed by atoms with van der Waals surface area (Å²) in [6.07, 6.45) is 7.63. The second-order valence-electron chi connectivity index (χ2n) is 8.41. The summed E-state index contributed by atoms with van der Waals surface area (Å²) in [5, 5.41) is 11.1. The first kappa shape index (κ1) is 19.7. The van der Waals surface area contributed by atoms with Gasteiger partial charge in [0.05, 0.1) is 5.39 Å². The number of ether oxygens (including phenoxy) is 1. The Labute approximate surface area is 169 Å². The topological polar surface area (TPSA) is 75.5 Å². The number of rotatable bonds is 6. The molecule has 2 heterocycles. The molecule has 0 radical (unpaired) electrons. The highest BCUT2D eigenvalue weighted by atomic mass is 32.1. The van der Waals surface area contributed by atoms with Crippen LogP contribution in [-0.2, 0) is 11.2 Å². The lowest BCUT2D eigenvalue weighted by atomic mass is 9.92. The molecule has 0 aromatic carbocycles. The van der Waals surface area contributed by atoms with E-state index in [1.165, 1.54) is 17.4 Å². The fourth-order valence-corrected chi connectivity index (χ4v) is 5.87. The van der Waals surface area contributed by atoms with Crippen LogP contribution in [0.4, 0.5) is 0 Å². The predicted octanol–water partition coefficient (Wildman–Crippen LogP) is 3.31. The lowest BCUT2D eigenvalue weighted by molar-refractivity contribution is -0.125. The van der Waals surface area contributed by atoms with Crippen LogP contribution < -0.4 is 4.74 Å². The van der Waals surface area contributed by atoms with Gasteiger partial charge < -0.3 is 14.7 Å². The number of nitrogens with zero attached hydrogens (tertiary/aromatic N) is 3. The second-order valence-corrected chi connectivity index (χ2v) is 9.49. The molecule has 28 heavy (non-hydrogen) atoms. The van der Waals surface area contributed by atoms with Crippen LogP contribution in [0, 0.1) is 0 Å². The Morgan fingerprint density at radius 3 is 2.71 bits per heavy atom. The minimum Gasteiger partial charge on any atom is -0.474 e. The Bertz CT molecular complexity index is 858. The van der Waals surface area contributed by atoms with Crippen LogP contribution in [0.25, 0.3) is 10.2 Å². The number of carbonyl (C=O) groups is 1. The Hall–Kier alpha value is -1.57. The molecule has 1 fully saturated rings. The first-order chi connectivity index (χ1) is 13.4. The molecule has 2 aliphatic carbocycles. The molecule has 6 nitrogen and oxygen atoms in total. The van der Waals surface area contributed by atoms with E-state index in [4.69, 9.17) is 4.74 Å². The minimum absolute atomic E-state index is 0.167. The number of aliphatic hydroxyl groups is 1. The molecule has 152 valence electrons. The summed E-state index contributed by atoms with van der Waals surface area (Å²) < 4.78 is 6.39. The minimum atomic E-state index is -0.902. The largest absolute Gasteiger partial charge is 0.474 e. The van der Waals surface area contributed by atoms with Crippen molar-refractivity contribution in [2.75, 3.05) is 14.1 Å². The number of ketones is 1. The van der Waals surface area contributed by atoms with Crippen molar-refractivity contribution in [2.45, 2.75) is 76.0 Å². The van der Waals surface area contributed by atoms with Crippen molar-refractivity contribution in [1.29, 1.82) is 0 Å². The summed E-state index contributed by atoms with van der Waals surface area (Å²) in [6.45, 7) is 1.45. The highest BCUT2D eigenvalue weighted by Gasteiger charge is 2.33. The van der Waals surface area contributed by atoms with Gasteiger partial charge in [-0.05, 0) is 77.4 Å². The summed E-state index contributed by atoms with van der Waals surface area (Å²) in [7, 11) is 4.29. The maximum Gasteiger partial charge on any atom is 0.225 e. The van der Waals surface area contributed by atoms with Crippen molar-refractivity contribution in [2.24, 2.45) is 0 Å². The highest BCUT2D eigenvalue weighted by molar-refractivity contribution is 7.19. The van der Waals surface area contributed by atoms with Gasteiger partial charge in [-0.3, -0.25) is 4.79 Å². The molecule has 0 unspecified atom stereocenters. The number of thiophene rings is 1. The Morgan fingerprint density at radius 2 is 2.04 bits per heavy atom. The number of aliphatic hydroxyl groups excluding tert-OH is 1. The standard InChI is InChI=1S/C21H29N3O3S/c1-12(25)16(26)10-13-4-9-17-18(13)19-20(22-11-23-21(19)28-17)27-15-7-5-14(6-8-15)24(2)3/h11,13-16,26H,4-10H2,1-3H3/t13-,14-,15-,16+/m1/s1. The molecule has 2 atom stereocenters. The van der Waals surface area contributed by atoms with E-state index in [-0.39, 0.29) is 17.8 Å². The third-order valence-electron chi connectivity index (χ3n) is 6.32. The molecule has 2 aromatic rings. The third-order valence-corrected chi connectivity index (χ3v) is 7.50. The van der Waals surface area contributed by atoms with Crippen LogP contribution in [0.1, 0.15) is 61.8 Å². The first-order valence-electron chi connectivity index (χ1n) is 10.2. The number of hydrogen-bond acceptors (Lipinski definition) is 7. The average Bonchev–Trinajstić information content (AvgIpc) is 3.22. The lowest BCUT2D eigenvalue weighted by Gasteiger charge is -2.32. The van der Waals surface area contributed by atoms with Gasteiger partial charge in [0.2, 0.25) is 5.88 Å². The van der Waals surface area contributed by atoms with Gasteiger partial charge in [-0.2, -0.15) is 0 Å². The fraction of sp³-hybridized carbons (Fsp3) is 0.667. The summed E-state index contributed by atoms with van der Waals surface area (Å²) in [5.41, 5.74) is 1.21. The first-order valence-corrected chi connectivity index (χ1v) is 11.0. The molecular formula is C21H29N3O3S. The molecule has 0 saturated heterocycles. The number of hydrogen-bond donors (Lipinski definition) is 1. The Kier molecular flexibility index (Phi) is 5.67. The average molecular weight is 404 g/mol. The van der Waals surface area contributed by atoms with E-state index in [1.807, 2.05) is 0 Å². The van der Waals surface area contributed by atoms with Crippen molar-refractivity contribution in [3.05, 3.63) is 16.8 Å². The fourth-order valence-electron chi connectivity index (χ4n) is 4.64. The van der Waals surface area contributed by atoms with Gasteiger partial charge in [-0.25, -0.2) is 9.97 Å². The monoisotopic (exact) mass is 403 g/mol. The van der Waals surface area contributed by atoms with Crippen LogP contribution in [-0.4, -0.2) is 58.1 Å². The number of aromatic nitrogens is 2. The molecule has 1 saturated carbocycles. The van der Waals surface area contributed by atoms with Crippen molar-refractivity contribution in [3.63, 3.8) is 0 Å². The van der Waals surface area contributed by atoms with Gasteiger partial charge in [0.1, 0.15) is 23.4 Å². The van der Waals surface area contributed by atoms with Crippen molar-refractivity contribution in [1.82, 2.24) is 14.9 Å². The van der Waals surface area contributed by atoms with Gasteiger partial charge in [0.15, 0.2) is 5.78 Å². The number of aryl methyl sites for hydroxylation is 1. The molecule has 4 rings (SSSR count). The van der Waals surface area contributed by atoms with E-state index in [1.54, 1.807) is 17.7 Å². The summed E-state index contributed by atoms with van der Waals surface area (Å²) in [5.74, 6) is 0.679. The van der Waals surface area contributed by atoms with Gasteiger partial charge in [-0.15, -0.1) is 11.3 Å². The quantitative estimate of drug-likeness (QED) is 0.797. The smallest absolute Gasteiger partial charge is 0.225 e. The van der Waals surface area contributed by atoms with E-state index < -0.39 is 6.10 Å². The number of carbonyl (C=O) groups excluding carboxylic acids is 1. The van der Waals surface area contributed by atoms with Crippen LogP contribution >= 0.6 is 11.3 Å².